The predicted octanol–water partition coefficient (Wildman–Crippen LogP) is 1.96. The summed E-state index contributed by atoms with van der Waals surface area (Å²) < 4.78 is 1.90. The van der Waals surface area contributed by atoms with Crippen molar-refractivity contribution in [3.05, 3.63) is 18.6 Å². The van der Waals surface area contributed by atoms with Crippen LogP contribution >= 0.6 is 11.8 Å². The molecule has 0 aromatic carbocycles. The smallest absolute Gasteiger partial charge is 0.180 e. The monoisotopic (exact) mass is 280 g/mol. The Morgan fingerprint density at radius 1 is 1.53 bits per heavy atom. The number of nitrogens with two attached hydrogens (primary N) is 1. The van der Waals surface area contributed by atoms with Crippen LogP contribution < -0.4 is 16.6 Å². The SMILES string of the molecule is CCSCCC(C)Nc1nc(NN)cn2ccnc12. The molecule has 104 valence electrons. The molecule has 2 rings (SSSR count). The number of nitrogen functional groups attached to an aromatic ring is 1. The highest BCUT2D eigenvalue weighted by atomic mass is 32.2. The molecule has 0 spiro atoms. The first-order chi connectivity index (χ1) is 9.24. The Kier molecular flexibility index (Phi) is 4.86. The summed E-state index contributed by atoms with van der Waals surface area (Å²) in [6.07, 6.45) is 6.53. The molecule has 0 saturated carbocycles. The van der Waals surface area contributed by atoms with Gasteiger partial charge in [0, 0.05) is 18.4 Å². The lowest BCUT2D eigenvalue weighted by Crippen LogP contribution is -2.19. The van der Waals surface area contributed by atoms with Crippen LogP contribution in [-0.4, -0.2) is 31.9 Å². The molecule has 2 heterocycles. The van der Waals surface area contributed by atoms with Crippen molar-refractivity contribution in [3.8, 4) is 0 Å². The number of nitrogens with one attached hydrogen (secondary N) is 2. The van der Waals surface area contributed by atoms with Crippen LogP contribution in [0, 0.1) is 0 Å². The van der Waals surface area contributed by atoms with Gasteiger partial charge in [-0.15, -0.1) is 0 Å². The largest absolute Gasteiger partial charge is 0.364 e. The Balaban J connectivity index is 2.12. The van der Waals surface area contributed by atoms with Gasteiger partial charge < -0.3 is 15.1 Å². The van der Waals surface area contributed by atoms with E-state index < -0.39 is 0 Å². The molecule has 7 heteroatoms. The molecular weight excluding hydrogens is 260 g/mol. The van der Waals surface area contributed by atoms with Crippen molar-refractivity contribution in [1.29, 1.82) is 0 Å². The Labute approximate surface area is 117 Å². The number of rotatable bonds is 7. The van der Waals surface area contributed by atoms with Crippen LogP contribution in [0.5, 0.6) is 0 Å². The molecule has 0 aliphatic heterocycles. The minimum absolute atomic E-state index is 0.347. The van der Waals surface area contributed by atoms with Gasteiger partial charge in [-0.05, 0) is 24.9 Å². The van der Waals surface area contributed by atoms with Gasteiger partial charge in [-0.2, -0.15) is 11.8 Å². The van der Waals surface area contributed by atoms with Crippen molar-refractivity contribution >= 4 is 29.0 Å². The summed E-state index contributed by atoms with van der Waals surface area (Å²) in [6, 6.07) is 0.347. The first kappa shape index (κ1) is 14.0. The van der Waals surface area contributed by atoms with E-state index in [1.807, 2.05) is 28.6 Å². The van der Waals surface area contributed by atoms with E-state index in [4.69, 9.17) is 5.84 Å². The fourth-order valence-electron chi connectivity index (χ4n) is 1.81. The lowest BCUT2D eigenvalue weighted by atomic mass is 10.2. The lowest BCUT2D eigenvalue weighted by molar-refractivity contribution is 0.766. The summed E-state index contributed by atoms with van der Waals surface area (Å²) in [4.78, 5) is 8.73. The summed E-state index contributed by atoms with van der Waals surface area (Å²) in [5.41, 5.74) is 3.38. The van der Waals surface area contributed by atoms with Crippen molar-refractivity contribution < 1.29 is 0 Å². The summed E-state index contributed by atoms with van der Waals surface area (Å²) in [6.45, 7) is 4.33. The van der Waals surface area contributed by atoms with E-state index in [-0.39, 0.29) is 0 Å². The maximum atomic E-state index is 5.43. The van der Waals surface area contributed by atoms with Gasteiger partial charge in [0.2, 0.25) is 0 Å². The Hall–Kier alpha value is -1.47. The number of hydrogen-bond acceptors (Lipinski definition) is 6. The maximum absolute atomic E-state index is 5.43. The van der Waals surface area contributed by atoms with Crippen LogP contribution in [0.1, 0.15) is 20.3 Å². The van der Waals surface area contributed by atoms with E-state index >= 15 is 0 Å². The lowest BCUT2D eigenvalue weighted by Gasteiger charge is -2.15. The Bertz CT molecular complexity index is 526. The molecule has 0 radical (unpaired) electrons. The van der Waals surface area contributed by atoms with E-state index in [0.29, 0.717) is 11.9 Å². The van der Waals surface area contributed by atoms with Gasteiger partial charge in [-0.25, -0.2) is 15.8 Å². The minimum atomic E-state index is 0.347. The average Bonchev–Trinajstić information content (AvgIpc) is 2.87. The predicted molar refractivity (Wildman–Crippen MR) is 81.5 cm³/mol. The number of aromatic nitrogens is 3. The molecule has 1 atom stereocenters. The number of hydrazine groups is 1. The molecule has 1 unspecified atom stereocenters. The quantitative estimate of drug-likeness (QED) is 0.409. The molecule has 0 aliphatic rings. The zero-order chi connectivity index (χ0) is 13.7. The third-order valence-electron chi connectivity index (χ3n) is 2.80. The zero-order valence-electron chi connectivity index (χ0n) is 11.3. The van der Waals surface area contributed by atoms with Crippen LogP contribution in [0.25, 0.3) is 5.65 Å². The first-order valence-electron chi connectivity index (χ1n) is 6.39. The van der Waals surface area contributed by atoms with Crippen molar-refractivity contribution in [2.45, 2.75) is 26.3 Å². The van der Waals surface area contributed by atoms with Crippen LogP contribution in [0.3, 0.4) is 0 Å². The fraction of sp³-hybridized carbons (Fsp3) is 0.500. The molecule has 0 saturated heterocycles. The molecule has 0 aliphatic carbocycles. The molecule has 2 aromatic rings. The van der Waals surface area contributed by atoms with Gasteiger partial charge in [0.1, 0.15) is 0 Å². The third-order valence-corrected chi connectivity index (χ3v) is 3.74. The van der Waals surface area contributed by atoms with E-state index in [9.17, 15) is 0 Å². The van der Waals surface area contributed by atoms with Crippen LogP contribution in [0.4, 0.5) is 11.6 Å². The summed E-state index contributed by atoms with van der Waals surface area (Å²) >= 11 is 1.95. The number of fused-ring (bicyclic) bond motifs is 1. The molecular formula is C12H20N6S. The van der Waals surface area contributed by atoms with E-state index in [2.05, 4.69) is 34.6 Å². The Morgan fingerprint density at radius 2 is 2.37 bits per heavy atom. The van der Waals surface area contributed by atoms with Gasteiger partial charge in [-0.3, -0.25) is 0 Å². The maximum Gasteiger partial charge on any atom is 0.180 e. The molecule has 0 fully saturated rings. The van der Waals surface area contributed by atoms with E-state index in [1.165, 1.54) is 0 Å². The number of hydrogen-bond donors (Lipinski definition) is 3. The fourth-order valence-corrected chi connectivity index (χ4v) is 2.62. The van der Waals surface area contributed by atoms with Gasteiger partial charge in [0.25, 0.3) is 0 Å². The standard InChI is InChI=1S/C12H20N6S/c1-3-19-7-4-9(2)15-11-12-14-5-6-18(12)8-10(16-11)17-13/h5-6,8-9,17H,3-4,7,13H2,1-2H3,(H,15,16). The van der Waals surface area contributed by atoms with Crippen molar-refractivity contribution in [2.75, 3.05) is 22.2 Å². The number of thioether (sulfide) groups is 1. The summed E-state index contributed by atoms with van der Waals surface area (Å²) in [5, 5.41) is 3.40. The molecule has 4 N–H and O–H groups in total. The van der Waals surface area contributed by atoms with E-state index in [0.717, 1.165) is 29.4 Å². The van der Waals surface area contributed by atoms with Gasteiger partial charge in [0.15, 0.2) is 17.3 Å². The molecule has 0 bridgehead atoms. The summed E-state index contributed by atoms with van der Waals surface area (Å²) in [5.74, 6) is 9.10. The second-order valence-electron chi connectivity index (χ2n) is 4.31. The van der Waals surface area contributed by atoms with E-state index in [1.54, 1.807) is 6.20 Å². The first-order valence-corrected chi connectivity index (χ1v) is 7.54. The van der Waals surface area contributed by atoms with Crippen molar-refractivity contribution in [1.82, 2.24) is 14.4 Å². The number of anilines is 2. The summed E-state index contributed by atoms with van der Waals surface area (Å²) in [7, 11) is 0. The Morgan fingerprint density at radius 3 is 3.11 bits per heavy atom. The highest BCUT2D eigenvalue weighted by molar-refractivity contribution is 7.99. The number of nitrogens with zero attached hydrogens (tertiary/aromatic N) is 3. The minimum Gasteiger partial charge on any atom is -0.364 e. The second-order valence-corrected chi connectivity index (χ2v) is 5.70. The number of imidazole rings is 1. The van der Waals surface area contributed by atoms with Crippen LogP contribution in [0.15, 0.2) is 18.6 Å². The normalized spacial score (nSPS) is 12.6. The van der Waals surface area contributed by atoms with Crippen LogP contribution in [-0.2, 0) is 0 Å². The van der Waals surface area contributed by atoms with Crippen molar-refractivity contribution in [2.24, 2.45) is 5.84 Å². The van der Waals surface area contributed by atoms with Crippen molar-refractivity contribution in [3.63, 3.8) is 0 Å². The van der Waals surface area contributed by atoms with Gasteiger partial charge in [0.05, 0.1) is 6.20 Å². The molecule has 0 amide bonds. The zero-order valence-corrected chi connectivity index (χ0v) is 12.1. The average molecular weight is 280 g/mol. The molecule has 19 heavy (non-hydrogen) atoms. The molecule has 6 nitrogen and oxygen atoms in total. The topological polar surface area (TPSA) is 80.3 Å². The second kappa shape index (κ2) is 6.63. The molecule has 2 aromatic heterocycles. The van der Waals surface area contributed by atoms with Crippen LogP contribution in [0.2, 0.25) is 0 Å². The highest BCUT2D eigenvalue weighted by Crippen LogP contribution is 2.17. The highest BCUT2D eigenvalue weighted by Gasteiger charge is 2.10. The third kappa shape index (κ3) is 3.51. The van der Waals surface area contributed by atoms with Gasteiger partial charge >= 0.3 is 0 Å². The van der Waals surface area contributed by atoms with Gasteiger partial charge in [-0.1, -0.05) is 6.92 Å².